The molecule has 21 heavy (non-hydrogen) atoms. The molecular weight excluding hydrogens is 351 g/mol. The van der Waals surface area contributed by atoms with Crippen molar-refractivity contribution in [2.45, 2.75) is 19.0 Å². The molecule has 1 unspecified atom stereocenters. The lowest BCUT2D eigenvalue weighted by Crippen LogP contribution is -2.47. The van der Waals surface area contributed by atoms with Gasteiger partial charge in [0.05, 0.1) is 11.6 Å². The molecule has 7 heteroatoms. The average Bonchev–Trinajstić information content (AvgIpc) is 2.89. The van der Waals surface area contributed by atoms with Gasteiger partial charge in [0, 0.05) is 13.0 Å². The molecule has 1 saturated heterocycles. The first-order chi connectivity index (χ1) is 9.80. The molecule has 0 amide bonds. The molecular formula is C14H15BrF3NO2. The predicted octanol–water partition coefficient (Wildman–Crippen LogP) is 3.11. The summed E-state index contributed by atoms with van der Waals surface area (Å²) in [5.74, 6) is -0.226. The highest BCUT2D eigenvalue weighted by atomic mass is 79.9. The molecule has 0 aliphatic carbocycles. The molecule has 1 aliphatic rings. The van der Waals surface area contributed by atoms with E-state index in [2.05, 4.69) is 21.2 Å². The lowest BCUT2D eigenvalue weighted by Gasteiger charge is -2.29. The Balaban J connectivity index is 2.22. The normalized spacial score (nSPS) is 22.3. The monoisotopic (exact) mass is 365 g/mol. The first-order valence-corrected chi connectivity index (χ1v) is 7.22. The van der Waals surface area contributed by atoms with Crippen LogP contribution in [0.3, 0.4) is 0 Å². The van der Waals surface area contributed by atoms with Crippen LogP contribution in [-0.2, 0) is 11.2 Å². The largest absolute Gasteiger partial charge is 0.496 e. The van der Waals surface area contributed by atoms with Crippen molar-refractivity contribution in [3.63, 3.8) is 0 Å². The zero-order chi connectivity index (χ0) is 15.7. The Morgan fingerprint density at radius 2 is 2.19 bits per heavy atom. The van der Waals surface area contributed by atoms with E-state index in [0.29, 0.717) is 15.8 Å². The summed E-state index contributed by atoms with van der Waals surface area (Å²) in [4.78, 5) is 12.2. The van der Waals surface area contributed by atoms with Gasteiger partial charge in [-0.2, -0.15) is 13.2 Å². The second kappa shape index (κ2) is 5.96. The van der Waals surface area contributed by atoms with Crippen LogP contribution in [0.25, 0.3) is 0 Å². The Morgan fingerprint density at radius 1 is 1.48 bits per heavy atom. The number of benzene rings is 1. The van der Waals surface area contributed by atoms with Crippen molar-refractivity contribution < 1.29 is 22.7 Å². The molecule has 2 rings (SSSR count). The molecule has 0 radical (unpaired) electrons. The van der Waals surface area contributed by atoms with E-state index in [1.54, 1.807) is 18.2 Å². The summed E-state index contributed by atoms with van der Waals surface area (Å²) >= 11 is 3.26. The number of ketones is 1. The third-order valence-electron chi connectivity index (χ3n) is 3.81. The fraction of sp³-hybridized carbons (Fsp3) is 0.500. The molecule has 0 aromatic heterocycles. The lowest BCUT2D eigenvalue weighted by atomic mass is 9.79. The Hall–Kier alpha value is -1.08. The summed E-state index contributed by atoms with van der Waals surface area (Å²) in [5, 5.41) is 2.65. The Bertz CT molecular complexity index is 540. The number of carbonyl (C=O) groups excluding carboxylic acids is 1. The number of hydrogen-bond acceptors (Lipinski definition) is 3. The minimum absolute atomic E-state index is 0.202. The van der Waals surface area contributed by atoms with Crippen LogP contribution in [-0.4, -0.2) is 32.2 Å². The van der Waals surface area contributed by atoms with Crippen molar-refractivity contribution in [3.05, 3.63) is 28.2 Å². The van der Waals surface area contributed by atoms with E-state index in [-0.39, 0.29) is 25.9 Å². The first-order valence-electron chi connectivity index (χ1n) is 6.43. The first kappa shape index (κ1) is 16.3. The standard InChI is InChI=1S/C14H15BrF3NO2/c1-21-11-3-2-9(6-10(11)15)7-12(20)13(14(16,17)18)4-5-19-8-13/h2-3,6,19H,4-5,7-8H2,1H3. The highest BCUT2D eigenvalue weighted by Crippen LogP contribution is 2.44. The predicted molar refractivity (Wildman–Crippen MR) is 75.4 cm³/mol. The van der Waals surface area contributed by atoms with E-state index in [0.717, 1.165) is 0 Å². The molecule has 0 saturated carbocycles. The van der Waals surface area contributed by atoms with Crippen LogP contribution in [0, 0.1) is 5.41 Å². The molecule has 1 aromatic rings. The molecule has 0 bridgehead atoms. The minimum atomic E-state index is -4.53. The quantitative estimate of drug-likeness (QED) is 0.890. The van der Waals surface area contributed by atoms with Gasteiger partial charge >= 0.3 is 6.18 Å². The zero-order valence-corrected chi connectivity index (χ0v) is 13.0. The molecule has 3 nitrogen and oxygen atoms in total. The summed E-state index contributed by atoms with van der Waals surface area (Å²) < 4.78 is 45.5. The van der Waals surface area contributed by atoms with Crippen LogP contribution in [0.4, 0.5) is 13.2 Å². The van der Waals surface area contributed by atoms with Crippen molar-refractivity contribution in [1.82, 2.24) is 5.32 Å². The lowest BCUT2D eigenvalue weighted by molar-refractivity contribution is -0.214. The van der Waals surface area contributed by atoms with Crippen molar-refractivity contribution in [2.75, 3.05) is 20.2 Å². The highest BCUT2D eigenvalue weighted by molar-refractivity contribution is 9.10. The molecule has 0 spiro atoms. The van der Waals surface area contributed by atoms with Gasteiger partial charge in [-0.15, -0.1) is 0 Å². The van der Waals surface area contributed by atoms with Crippen LogP contribution in [0.5, 0.6) is 5.75 Å². The molecule has 1 heterocycles. The van der Waals surface area contributed by atoms with Gasteiger partial charge in [-0.1, -0.05) is 6.07 Å². The van der Waals surface area contributed by atoms with Crippen LogP contribution >= 0.6 is 15.9 Å². The van der Waals surface area contributed by atoms with Gasteiger partial charge < -0.3 is 10.1 Å². The second-order valence-corrected chi connectivity index (χ2v) is 5.93. The van der Waals surface area contributed by atoms with Crippen LogP contribution in [0.1, 0.15) is 12.0 Å². The number of halogens is 4. The van der Waals surface area contributed by atoms with E-state index in [1.165, 1.54) is 7.11 Å². The number of alkyl halides is 3. The third kappa shape index (κ3) is 3.08. The van der Waals surface area contributed by atoms with Gasteiger partial charge in [0.1, 0.15) is 11.2 Å². The fourth-order valence-electron chi connectivity index (χ4n) is 2.50. The maximum absolute atomic E-state index is 13.3. The minimum Gasteiger partial charge on any atom is -0.496 e. The number of Topliss-reactive ketones (excluding diaryl/α,β-unsaturated/α-hetero) is 1. The van der Waals surface area contributed by atoms with E-state index >= 15 is 0 Å². The van der Waals surface area contributed by atoms with Gasteiger partial charge in [0.25, 0.3) is 0 Å². The number of carbonyl (C=O) groups is 1. The number of ether oxygens (including phenoxy) is 1. The Labute approximate surface area is 129 Å². The molecule has 1 aliphatic heterocycles. The summed E-state index contributed by atoms with van der Waals surface area (Å²) in [7, 11) is 1.49. The molecule has 1 fully saturated rings. The Morgan fingerprint density at radius 3 is 2.67 bits per heavy atom. The number of hydrogen-bond donors (Lipinski definition) is 1. The van der Waals surface area contributed by atoms with E-state index in [9.17, 15) is 18.0 Å². The van der Waals surface area contributed by atoms with Gasteiger partial charge in [-0.25, -0.2) is 0 Å². The summed E-state index contributed by atoms with van der Waals surface area (Å²) in [6.45, 7) is -0.135. The maximum atomic E-state index is 13.3. The SMILES string of the molecule is COc1ccc(CC(=O)C2(C(F)(F)F)CCNC2)cc1Br. The number of nitrogens with one attached hydrogen (secondary N) is 1. The van der Waals surface area contributed by atoms with Crippen molar-refractivity contribution in [2.24, 2.45) is 5.41 Å². The molecule has 116 valence electrons. The van der Waals surface area contributed by atoms with Crippen LogP contribution in [0.2, 0.25) is 0 Å². The third-order valence-corrected chi connectivity index (χ3v) is 4.43. The molecule has 1 aromatic carbocycles. The van der Waals surface area contributed by atoms with E-state index < -0.39 is 17.4 Å². The van der Waals surface area contributed by atoms with Gasteiger partial charge in [-0.3, -0.25) is 4.79 Å². The van der Waals surface area contributed by atoms with E-state index in [4.69, 9.17) is 4.74 Å². The molecule has 1 atom stereocenters. The second-order valence-electron chi connectivity index (χ2n) is 5.08. The molecule has 1 N–H and O–H groups in total. The summed E-state index contributed by atoms with van der Waals surface area (Å²) in [6.07, 6.45) is -4.98. The van der Waals surface area contributed by atoms with Crippen LogP contribution in [0.15, 0.2) is 22.7 Å². The summed E-state index contributed by atoms with van der Waals surface area (Å²) in [5.41, 5.74) is -1.73. The van der Waals surface area contributed by atoms with Crippen LogP contribution < -0.4 is 10.1 Å². The number of methoxy groups -OCH3 is 1. The smallest absolute Gasteiger partial charge is 0.402 e. The van der Waals surface area contributed by atoms with Gasteiger partial charge in [-0.05, 0) is 46.6 Å². The number of rotatable bonds is 4. The van der Waals surface area contributed by atoms with Gasteiger partial charge in [0.15, 0.2) is 5.78 Å². The zero-order valence-electron chi connectivity index (χ0n) is 11.4. The average molecular weight is 366 g/mol. The van der Waals surface area contributed by atoms with Crippen molar-refractivity contribution in [3.8, 4) is 5.75 Å². The highest BCUT2D eigenvalue weighted by Gasteiger charge is 2.60. The van der Waals surface area contributed by atoms with E-state index in [1.807, 2.05) is 0 Å². The Kier molecular flexibility index (Phi) is 4.63. The summed E-state index contributed by atoms with van der Waals surface area (Å²) in [6, 6.07) is 4.84. The van der Waals surface area contributed by atoms with Crippen molar-refractivity contribution >= 4 is 21.7 Å². The topological polar surface area (TPSA) is 38.3 Å². The maximum Gasteiger partial charge on any atom is 0.402 e. The van der Waals surface area contributed by atoms with Gasteiger partial charge in [0.2, 0.25) is 0 Å². The van der Waals surface area contributed by atoms with Crippen molar-refractivity contribution in [1.29, 1.82) is 0 Å². The fourth-order valence-corrected chi connectivity index (χ4v) is 3.09.